The van der Waals surface area contributed by atoms with Crippen molar-refractivity contribution in [3.05, 3.63) is 66.1 Å². The van der Waals surface area contributed by atoms with E-state index in [2.05, 4.69) is 50.8 Å². The molecule has 1 fully saturated rings. The van der Waals surface area contributed by atoms with E-state index < -0.39 is 0 Å². The molecular weight excluding hydrogens is 444 g/mol. The molecule has 1 atom stereocenters. The first-order valence-electron chi connectivity index (χ1n) is 11.6. The molecule has 0 spiro atoms. The Morgan fingerprint density at radius 3 is 2.80 bits per heavy atom. The van der Waals surface area contributed by atoms with Crippen LogP contribution >= 0.6 is 0 Å². The van der Waals surface area contributed by atoms with Gasteiger partial charge >= 0.3 is 0 Å². The summed E-state index contributed by atoms with van der Waals surface area (Å²) in [6.07, 6.45) is 3.46. The van der Waals surface area contributed by atoms with Crippen LogP contribution in [0, 0.1) is 0 Å². The number of rotatable bonds is 8. The molecule has 2 aromatic heterocycles. The molecule has 0 aliphatic carbocycles. The molecular formula is C26H28N6O3. The summed E-state index contributed by atoms with van der Waals surface area (Å²) in [4.78, 5) is 20.8. The number of hydrogen-bond donors (Lipinski definition) is 2. The maximum Gasteiger partial charge on any atom is 0.251 e. The Bertz CT molecular complexity index is 1360. The lowest BCUT2D eigenvalue weighted by Crippen LogP contribution is -2.31. The Kier molecular flexibility index (Phi) is 6.33. The van der Waals surface area contributed by atoms with Crippen LogP contribution in [0.4, 0.5) is 5.82 Å². The quantitative estimate of drug-likeness (QED) is 0.403. The van der Waals surface area contributed by atoms with Gasteiger partial charge in [0.2, 0.25) is 0 Å². The predicted octanol–water partition coefficient (Wildman–Crippen LogP) is 3.65. The first-order chi connectivity index (χ1) is 17.1. The second-order valence-electron chi connectivity index (χ2n) is 8.66. The maximum atomic E-state index is 11.9. The lowest BCUT2D eigenvalue weighted by atomic mass is 9.98. The Balaban J connectivity index is 1.30. The van der Waals surface area contributed by atoms with Crippen molar-refractivity contribution in [2.75, 3.05) is 39.2 Å². The van der Waals surface area contributed by atoms with E-state index in [1.807, 2.05) is 29.1 Å². The van der Waals surface area contributed by atoms with E-state index in [-0.39, 0.29) is 11.8 Å². The molecule has 35 heavy (non-hydrogen) atoms. The molecule has 4 aromatic rings. The molecule has 2 N–H and O–H groups in total. The predicted molar refractivity (Wildman–Crippen MR) is 134 cm³/mol. The minimum atomic E-state index is -0.142. The summed E-state index contributed by atoms with van der Waals surface area (Å²) in [5.74, 6) is 1.41. The lowest BCUT2D eigenvalue weighted by Gasteiger charge is -2.26. The third-order valence-corrected chi connectivity index (χ3v) is 6.37. The van der Waals surface area contributed by atoms with Gasteiger partial charge in [-0.15, -0.1) is 0 Å². The molecule has 1 aliphatic rings. The minimum Gasteiger partial charge on any atom is -0.496 e. The third kappa shape index (κ3) is 4.54. The van der Waals surface area contributed by atoms with Crippen LogP contribution in [0.5, 0.6) is 5.75 Å². The van der Waals surface area contributed by atoms with E-state index in [0.717, 1.165) is 33.5 Å². The van der Waals surface area contributed by atoms with Crippen molar-refractivity contribution in [1.82, 2.24) is 25.1 Å². The Morgan fingerprint density at radius 1 is 1.20 bits per heavy atom. The molecule has 9 heteroatoms. The molecule has 3 heterocycles. The Hall–Kier alpha value is -3.98. The van der Waals surface area contributed by atoms with Crippen LogP contribution in [0.2, 0.25) is 0 Å². The zero-order chi connectivity index (χ0) is 24.4. The molecule has 0 radical (unpaired) electrons. The molecule has 1 aliphatic heterocycles. The summed E-state index contributed by atoms with van der Waals surface area (Å²) in [6, 6.07) is 14.0. The number of hydrogen-bond acceptors (Lipinski definition) is 7. The van der Waals surface area contributed by atoms with Crippen molar-refractivity contribution < 1.29 is 14.3 Å². The van der Waals surface area contributed by atoms with Crippen molar-refractivity contribution in [3.8, 4) is 17.0 Å². The van der Waals surface area contributed by atoms with Gasteiger partial charge in [-0.05, 0) is 29.8 Å². The topological polar surface area (TPSA) is 103 Å². The van der Waals surface area contributed by atoms with E-state index in [4.69, 9.17) is 9.47 Å². The molecule has 0 unspecified atom stereocenters. The largest absolute Gasteiger partial charge is 0.496 e. The maximum absolute atomic E-state index is 11.9. The highest BCUT2D eigenvalue weighted by Gasteiger charge is 2.23. The molecule has 180 valence electrons. The number of carbonyl (C=O) groups is 1. The summed E-state index contributed by atoms with van der Waals surface area (Å²) >= 11 is 0. The third-order valence-electron chi connectivity index (χ3n) is 6.37. The fraction of sp³-hybridized carbons (Fsp3) is 0.308. The van der Waals surface area contributed by atoms with Crippen molar-refractivity contribution in [1.29, 1.82) is 0 Å². The summed E-state index contributed by atoms with van der Waals surface area (Å²) in [7, 11) is 3.23. The van der Waals surface area contributed by atoms with Crippen LogP contribution in [0.25, 0.3) is 22.2 Å². The lowest BCUT2D eigenvalue weighted by molar-refractivity contribution is -0.0266. The monoisotopic (exact) mass is 472 g/mol. The number of anilines is 1. The van der Waals surface area contributed by atoms with Gasteiger partial charge in [-0.1, -0.05) is 19.1 Å². The second-order valence-corrected chi connectivity index (χ2v) is 8.66. The van der Waals surface area contributed by atoms with Crippen LogP contribution in [0.15, 0.2) is 55.0 Å². The molecule has 1 amide bonds. The number of ether oxygens (including phenoxy) is 2. The smallest absolute Gasteiger partial charge is 0.251 e. The number of carbonyl (C=O) groups excluding carboxylic acids is 1. The SMILES string of the molecule is CNC(=O)c1ccc([C@H](C)CNc2cc(-c3ccc4c(cnn4C4COC4)c3)ncn2)c(OC)c1. The number of aromatic nitrogens is 4. The second kappa shape index (κ2) is 9.71. The van der Waals surface area contributed by atoms with Gasteiger partial charge in [-0.3, -0.25) is 9.48 Å². The van der Waals surface area contributed by atoms with E-state index >= 15 is 0 Å². The van der Waals surface area contributed by atoms with Crippen molar-refractivity contribution in [3.63, 3.8) is 0 Å². The first-order valence-corrected chi connectivity index (χ1v) is 11.6. The highest BCUT2D eigenvalue weighted by atomic mass is 16.5. The Morgan fingerprint density at radius 2 is 2.06 bits per heavy atom. The highest BCUT2D eigenvalue weighted by Crippen LogP contribution is 2.29. The summed E-state index contributed by atoms with van der Waals surface area (Å²) < 4.78 is 12.9. The van der Waals surface area contributed by atoms with Crippen molar-refractivity contribution in [2.24, 2.45) is 0 Å². The molecule has 9 nitrogen and oxygen atoms in total. The molecule has 0 saturated carbocycles. The summed E-state index contributed by atoms with van der Waals surface area (Å²) in [5.41, 5.74) is 4.52. The van der Waals surface area contributed by atoms with E-state index in [1.54, 1.807) is 26.6 Å². The Labute approximate surface area is 203 Å². The molecule has 2 aromatic carbocycles. The average molecular weight is 473 g/mol. The van der Waals surface area contributed by atoms with Crippen LogP contribution in [0.3, 0.4) is 0 Å². The standard InChI is InChI=1S/C26H28N6O3/c1-16(21-6-4-18(26(33)27-2)9-24(21)34-3)11-28-25-10-22(29-15-30-25)17-5-7-23-19(8-17)12-31-32(23)20-13-35-14-20/h4-10,12,15-16,20H,11,13-14H2,1-3H3,(H,27,33)(H,28,29,30)/t16-/m1/s1. The first kappa shape index (κ1) is 22.8. The van der Waals surface area contributed by atoms with Crippen LogP contribution in [0.1, 0.15) is 34.8 Å². The number of nitrogens with zero attached hydrogens (tertiary/aromatic N) is 4. The van der Waals surface area contributed by atoms with Crippen LogP contribution in [-0.2, 0) is 4.74 Å². The van der Waals surface area contributed by atoms with Gasteiger partial charge in [-0.2, -0.15) is 5.10 Å². The van der Waals surface area contributed by atoms with Gasteiger partial charge in [0.15, 0.2) is 0 Å². The number of amides is 1. The van der Waals surface area contributed by atoms with E-state index in [1.165, 1.54) is 0 Å². The van der Waals surface area contributed by atoms with E-state index in [9.17, 15) is 4.79 Å². The number of benzene rings is 2. The van der Waals surface area contributed by atoms with Crippen molar-refractivity contribution in [2.45, 2.75) is 18.9 Å². The average Bonchev–Trinajstić information content (AvgIpc) is 3.28. The van der Waals surface area contributed by atoms with Crippen LogP contribution < -0.4 is 15.4 Å². The number of fused-ring (bicyclic) bond motifs is 1. The molecule has 1 saturated heterocycles. The fourth-order valence-corrected chi connectivity index (χ4v) is 4.25. The van der Waals surface area contributed by atoms with Gasteiger partial charge in [0.25, 0.3) is 5.91 Å². The van der Waals surface area contributed by atoms with Gasteiger partial charge in [-0.25, -0.2) is 9.97 Å². The van der Waals surface area contributed by atoms with E-state index in [0.29, 0.717) is 37.1 Å². The van der Waals surface area contributed by atoms with Crippen LogP contribution in [-0.4, -0.2) is 59.6 Å². The zero-order valence-corrected chi connectivity index (χ0v) is 20.0. The zero-order valence-electron chi connectivity index (χ0n) is 20.0. The summed E-state index contributed by atoms with van der Waals surface area (Å²) in [5, 5.41) is 11.7. The van der Waals surface area contributed by atoms with Gasteiger partial charge in [0, 0.05) is 42.1 Å². The summed E-state index contributed by atoms with van der Waals surface area (Å²) in [6.45, 7) is 4.16. The fourth-order valence-electron chi connectivity index (χ4n) is 4.25. The normalized spacial score (nSPS) is 14.4. The van der Waals surface area contributed by atoms with Crippen molar-refractivity contribution >= 4 is 22.6 Å². The molecule has 5 rings (SSSR count). The number of methoxy groups -OCH3 is 1. The van der Waals surface area contributed by atoms with Gasteiger partial charge in [0.05, 0.1) is 43.8 Å². The van der Waals surface area contributed by atoms with Gasteiger partial charge < -0.3 is 20.1 Å². The minimum absolute atomic E-state index is 0.125. The highest BCUT2D eigenvalue weighted by molar-refractivity contribution is 5.94. The number of nitrogens with one attached hydrogen (secondary N) is 2. The molecule has 0 bridgehead atoms. The van der Waals surface area contributed by atoms with Gasteiger partial charge in [0.1, 0.15) is 17.9 Å².